The minimum Gasteiger partial charge on any atom is -0.224 e. The maximum Gasteiger partial charge on any atom is 0.176 e. The van der Waals surface area contributed by atoms with E-state index in [1.54, 1.807) is 23.5 Å². The largest absolute Gasteiger partial charge is 0.224 e. The van der Waals surface area contributed by atoms with Crippen molar-refractivity contribution >= 4 is 21.2 Å². The van der Waals surface area contributed by atoms with Crippen molar-refractivity contribution in [2.45, 2.75) is 17.7 Å². The van der Waals surface area contributed by atoms with Gasteiger partial charge in [-0.05, 0) is 17.0 Å². The Bertz CT molecular complexity index is 999. The van der Waals surface area contributed by atoms with Crippen molar-refractivity contribution in [1.29, 1.82) is 0 Å². The molecule has 2 aromatic carbocycles. The summed E-state index contributed by atoms with van der Waals surface area (Å²) in [7, 11) is -3.31. The number of hydrogen-bond donors (Lipinski definition) is 0. The van der Waals surface area contributed by atoms with Crippen molar-refractivity contribution < 1.29 is 8.42 Å². The highest BCUT2D eigenvalue weighted by Gasteiger charge is 2.22. The minimum atomic E-state index is -3.31. The summed E-state index contributed by atoms with van der Waals surface area (Å²) >= 11 is 1.65. The van der Waals surface area contributed by atoms with Gasteiger partial charge in [-0.3, -0.25) is 0 Å². The minimum absolute atomic E-state index is 0.194. The van der Waals surface area contributed by atoms with Crippen molar-refractivity contribution in [1.82, 2.24) is 0 Å². The van der Waals surface area contributed by atoms with Crippen LogP contribution >= 0.6 is 11.3 Å². The quantitative estimate of drug-likeness (QED) is 0.535. The number of allylic oxidation sites excluding steroid dienone is 1. The molecule has 0 bridgehead atoms. The number of hydrogen-bond acceptors (Lipinski definition) is 3. The van der Waals surface area contributed by atoms with E-state index in [1.165, 1.54) is 11.1 Å². The van der Waals surface area contributed by atoms with E-state index in [0.29, 0.717) is 4.90 Å². The monoisotopic (exact) mass is 368 g/mol. The van der Waals surface area contributed by atoms with Crippen LogP contribution in [0.4, 0.5) is 0 Å². The van der Waals surface area contributed by atoms with E-state index in [2.05, 4.69) is 31.0 Å². The zero-order chi connectivity index (χ0) is 18.0. The highest BCUT2D eigenvalue weighted by molar-refractivity contribution is 7.90. The Balaban J connectivity index is 2.33. The zero-order valence-corrected chi connectivity index (χ0v) is 15.9. The lowest BCUT2D eigenvalue weighted by atomic mass is 9.93. The van der Waals surface area contributed by atoms with Crippen LogP contribution < -0.4 is 0 Å². The van der Waals surface area contributed by atoms with Crippen LogP contribution in [0, 0.1) is 0 Å². The molecule has 0 radical (unpaired) electrons. The van der Waals surface area contributed by atoms with E-state index < -0.39 is 9.84 Å². The second kappa shape index (κ2) is 6.98. The van der Waals surface area contributed by atoms with Crippen molar-refractivity contribution in [3.05, 3.63) is 77.5 Å². The van der Waals surface area contributed by atoms with E-state index in [1.807, 2.05) is 36.4 Å². The van der Waals surface area contributed by atoms with Crippen LogP contribution in [0.15, 0.2) is 77.5 Å². The molecule has 1 unspecified atom stereocenters. The average molecular weight is 369 g/mol. The summed E-state index contributed by atoms with van der Waals surface area (Å²) in [6.45, 7) is 6.03. The predicted octanol–water partition coefficient (Wildman–Crippen LogP) is 5.78. The van der Waals surface area contributed by atoms with Crippen molar-refractivity contribution in [2.24, 2.45) is 0 Å². The van der Waals surface area contributed by atoms with E-state index in [9.17, 15) is 8.42 Å². The zero-order valence-electron chi connectivity index (χ0n) is 14.3. The first-order chi connectivity index (χ1) is 11.9. The fraction of sp³-hybridized carbons (Fsp3) is 0.143. The topological polar surface area (TPSA) is 34.1 Å². The van der Waals surface area contributed by atoms with Gasteiger partial charge < -0.3 is 0 Å². The molecule has 1 aromatic heterocycles. The molecule has 25 heavy (non-hydrogen) atoms. The van der Waals surface area contributed by atoms with Crippen LogP contribution in [-0.2, 0) is 9.84 Å². The summed E-state index contributed by atoms with van der Waals surface area (Å²) in [5.74, 6) is 0.194. The number of sulfone groups is 1. The van der Waals surface area contributed by atoms with Crippen molar-refractivity contribution in [3.8, 4) is 22.3 Å². The van der Waals surface area contributed by atoms with Gasteiger partial charge in [0.2, 0.25) is 0 Å². The molecule has 0 aliphatic carbocycles. The SMILES string of the molecule is C=CC(C)c1scc(-c2ccccc2S(C)(=O)=O)c1-c1ccccc1. The van der Waals surface area contributed by atoms with Crippen LogP contribution in [0.3, 0.4) is 0 Å². The van der Waals surface area contributed by atoms with Crippen LogP contribution in [0.1, 0.15) is 17.7 Å². The van der Waals surface area contributed by atoms with Gasteiger partial charge in [0, 0.05) is 33.7 Å². The molecule has 1 heterocycles. The highest BCUT2D eigenvalue weighted by atomic mass is 32.2. The van der Waals surface area contributed by atoms with E-state index in [-0.39, 0.29) is 5.92 Å². The Morgan fingerprint density at radius 3 is 2.28 bits per heavy atom. The summed E-state index contributed by atoms with van der Waals surface area (Å²) in [5, 5.41) is 2.06. The maximum absolute atomic E-state index is 12.3. The smallest absolute Gasteiger partial charge is 0.176 e. The molecule has 0 saturated heterocycles. The number of rotatable bonds is 5. The van der Waals surface area contributed by atoms with Gasteiger partial charge in [-0.2, -0.15) is 0 Å². The van der Waals surface area contributed by atoms with Gasteiger partial charge in [0.15, 0.2) is 9.84 Å². The molecule has 2 nitrogen and oxygen atoms in total. The normalized spacial score (nSPS) is 12.7. The Morgan fingerprint density at radius 2 is 1.64 bits per heavy atom. The second-order valence-electron chi connectivity index (χ2n) is 6.05. The Labute approximate surface area is 153 Å². The molecule has 4 heteroatoms. The number of thiophene rings is 1. The molecule has 1 atom stereocenters. The average Bonchev–Trinajstić information content (AvgIpc) is 3.06. The van der Waals surface area contributed by atoms with Crippen LogP contribution in [0.2, 0.25) is 0 Å². The van der Waals surface area contributed by atoms with Crippen LogP contribution in [0.5, 0.6) is 0 Å². The summed E-state index contributed by atoms with van der Waals surface area (Å²) < 4.78 is 24.5. The summed E-state index contributed by atoms with van der Waals surface area (Å²) in [4.78, 5) is 1.56. The van der Waals surface area contributed by atoms with Gasteiger partial charge in [-0.15, -0.1) is 17.9 Å². The van der Waals surface area contributed by atoms with Gasteiger partial charge >= 0.3 is 0 Å². The molecule has 3 rings (SSSR count). The fourth-order valence-electron chi connectivity index (χ4n) is 2.93. The van der Waals surface area contributed by atoms with Crippen molar-refractivity contribution in [3.63, 3.8) is 0 Å². The lowest BCUT2D eigenvalue weighted by Crippen LogP contribution is -2.00. The van der Waals surface area contributed by atoms with Gasteiger partial charge in [-0.1, -0.05) is 61.5 Å². The first-order valence-corrected chi connectivity index (χ1v) is 10.8. The van der Waals surface area contributed by atoms with Gasteiger partial charge in [0.05, 0.1) is 4.90 Å². The Morgan fingerprint density at radius 1 is 1.00 bits per heavy atom. The third kappa shape index (κ3) is 3.46. The van der Waals surface area contributed by atoms with Gasteiger partial charge in [0.1, 0.15) is 0 Å². The highest BCUT2D eigenvalue weighted by Crippen LogP contribution is 2.44. The summed E-state index contributed by atoms with van der Waals surface area (Å²) in [5.41, 5.74) is 3.89. The molecule has 0 N–H and O–H groups in total. The molecule has 0 fully saturated rings. The summed E-state index contributed by atoms with van der Waals surface area (Å²) in [6, 6.07) is 17.3. The third-order valence-electron chi connectivity index (χ3n) is 4.23. The summed E-state index contributed by atoms with van der Waals surface area (Å²) in [6.07, 6.45) is 3.18. The van der Waals surface area contributed by atoms with E-state index >= 15 is 0 Å². The fourth-order valence-corrected chi connectivity index (χ4v) is 4.98. The molecule has 0 amide bonds. The van der Waals surface area contributed by atoms with Crippen molar-refractivity contribution in [2.75, 3.05) is 6.26 Å². The molecule has 128 valence electrons. The molecule has 0 aliphatic rings. The molecular weight excluding hydrogens is 348 g/mol. The maximum atomic E-state index is 12.3. The molecule has 0 saturated carbocycles. The Kier molecular flexibility index (Phi) is 4.93. The van der Waals surface area contributed by atoms with Crippen LogP contribution in [-0.4, -0.2) is 14.7 Å². The van der Waals surface area contributed by atoms with Crippen LogP contribution in [0.25, 0.3) is 22.3 Å². The van der Waals surface area contributed by atoms with E-state index in [4.69, 9.17) is 0 Å². The lowest BCUT2D eigenvalue weighted by molar-refractivity contribution is 0.602. The number of benzene rings is 2. The van der Waals surface area contributed by atoms with E-state index in [0.717, 1.165) is 22.3 Å². The second-order valence-corrected chi connectivity index (χ2v) is 8.94. The first-order valence-electron chi connectivity index (χ1n) is 8.02. The lowest BCUT2D eigenvalue weighted by Gasteiger charge is -2.13. The van der Waals surface area contributed by atoms with Gasteiger partial charge in [-0.25, -0.2) is 8.42 Å². The molecular formula is C21H20O2S2. The molecule has 0 aliphatic heterocycles. The molecule has 0 spiro atoms. The molecule has 3 aromatic rings. The van der Waals surface area contributed by atoms with Gasteiger partial charge in [0.25, 0.3) is 0 Å². The first kappa shape index (κ1) is 17.6. The third-order valence-corrected chi connectivity index (χ3v) is 6.56. The standard InChI is InChI=1S/C21H20O2S2/c1-4-15(2)21-20(16-10-6-5-7-11-16)18(14-24-21)17-12-8-9-13-19(17)25(3,22)23/h4-15H,1H2,2-3H3. The Hall–Kier alpha value is -2.17. The predicted molar refractivity (Wildman–Crippen MR) is 107 cm³/mol.